The molecule has 1 aliphatic heterocycles. The summed E-state index contributed by atoms with van der Waals surface area (Å²) < 4.78 is 0. The van der Waals surface area contributed by atoms with Crippen LogP contribution < -0.4 is 10.6 Å². The van der Waals surface area contributed by atoms with Gasteiger partial charge in [0.05, 0.1) is 16.8 Å². The summed E-state index contributed by atoms with van der Waals surface area (Å²) in [5.74, 6) is 0.387. The molecule has 5 heteroatoms. The van der Waals surface area contributed by atoms with E-state index >= 15 is 0 Å². The Labute approximate surface area is 152 Å². The fraction of sp³-hybridized carbons (Fsp3) is 0.286. The van der Waals surface area contributed by atoms with Gasteiger partial charge in [-0.15, -0.1) is 0 Å². The monoisotopic (exact) mass is 346 g/mol. The van der Waals surface area contributed by atoms with E-state index in [9.17, 15) is 4.79 Å². The van der Waals surface area contributed by atoms with Gasteiger partial charge in [-0.05, 0) is 49.7 Å². The molecule has 3 heterocycles. The van der Waals surface area contributed by atoms with Gasteiger partial charge in [0, 0.05) is 29.4 Å². The molecule has 2 N–H and O–H groups in total. The third kappa shape index (κ3) is 3.30. The molecule has 2 aromatic heterocycles. The largest absolute Gasteiger partial charge is 0.349 e. The van der Waals surface area contributed by atoms with Crippen LogP contribution in [0.3, 0.4) is 0 Å². The van der Waals surface area contributed by atoms with E-state index in [2.05, 4.69) is 22.5 Å². The summed E-state index contributed by atoms with van der Waals surface area (Å²) in [7, 11) is 0. The van der Waals surface area contributed by atoms with Crippen molar-refractivity contribution in [2.24, 2.45) is 5.92 Å². The molecule has 4 rings (SSSR count). The van der Waals surface area contributed by atoms with Gasteiger partial charge in [0.15, 0.2) is 0 Å². The molecule has 0 saturated carbocycles. The number of benzene rings is 1. The van der Waals surface area contributed by atoms with Gasteiger partial charge in [0.1, 0.15) is 0 Å². The number of fused-ring (bicyclic) bond motifs is 1. The van der Waals surface area contributed by atoms with Gasteiger partial charge in [0.25, 0.3) is 5.91 Å². The second-order valence-corrected chi connectivity index (χ2v) is 6.86. The summed E-state index contributed by atoms with van der Waals surface area (Å²) in [5.41, 5.74) is 3.24. The molecule has 1 aromatic carbocycles. The van der Waals surface area contributed by atoms with E-state index in [1.807, 2.05) is 42.5 Å². The lowest BCUT2D eigenvalue weighted by Gasteiger charge is -2.30. The Bertz CT molecular complexity index is 926. The van der Waals surface area contributed by atoms with Crippen molar-refractivity contribution in [2.45, 2.75) is 19.4 Å². The maximum Gasteiger partial charge on any atom is 0.252 e. The van der Waals surface area contributed by atoms with Crippen LogP contribution in [0.15, 0.2) is 54.9 Å². The minimum atomic E-state index is -0.0299. The van der Waals surface area contributed by atoms with Gasteiger partial charge in [-0.2, -0.15) is 0 Å². The number of carbonyl (C=O) groups excluding carboxylic acids is 1. The number of rotatable bonds is 3. The van der Waals surface area contributed by atoms with Gasteiger partial charge >= 0.3 is 0 Å². The number of para-hydroxylation sites is 1. The lowest BCUT2D eigenvalue weighted by Crippen LogP contribution is -2.48. The first kappa shape index (κ1) is 16.7. The van der Waals surface area contributed by atoms with Crippen molar-refractivity contribution in [2.75, 3.05) is 13.1 Å². The summed E-state index contributed by atoms with van der Waals surface area (Å²) in [5, 5.41) is 7.49. The van der Waals surface area contributed by atoms with E-state index in [0.29, 0.717) is 11.5 Å². The van der Waals surface area contributed by atoms with Crippen molar-refractivity contribution in [3.05, 3.63) is 60.4 Å². The Balaban J connectivity index is 1.74. The lowest BCUT2D eigenvalue weighted by molar-refractivity contribution is 0.0916. The van der Waals surface area contributed by atoms with Gasteiger partial charge < -0.3 is 10.6 Å². The first-order valence-electron chi connectivity index (χ1n) is 9.04. The molecule has 1 aliphatic rings. The zero-order valence-electron chi connectivity index (χ0n) is 14.8. The van der Waals surface area contributed by atoms with E-state index < -0.39 is 0 Å². The highest BCUT2D eigenvalue weighted by Gasteiger charge is 2.24. The molecule has 2 atom stereocenters. The van der Waals surface area contributed by atoms with Gasteiger partial charge in [-0.1, -0.05) is 25.1 Å². The van der Waals surface area contributed by atoms with Crippen LogP contribution >= 0.6 is 0 Å². The van der Waals surface area contributed by atoms with Crippen LogP contribution in [0.4, 0.5) is 0 Å². The fourth-order valence-electron chi connectivity index (χ4n) is 3.51. The standard InChI is InChI=1S/C21H22N4O/c1-14-13-23-11-8-18(14)25-21(26)17-12-20(15-6-9-22-10-7-15)24-19-5-3-2-4-16(17)19/h2-7,9-10,12,14,18,23H,8,11,13H2,1H3,(H,25,26). The summed E-state index contributed by atoms with van der Waals surface area (Å²) in [6, 6.07) is 13.7. The highest BCUT2D eigenvalue weighted by atomic mass is 16.1. The fourth-order valence-corrected chi connectivity index (χ4v) is 3.51. The second-order valence-electron chi connectivity index (χ2n) is 6.86. The van der Waals surface area contributed by atoms with E-state index in [1.54, 1.807) is 12.4 Å². The molecule has 0 radical (unpaired) electrons. The molecular weight excluding hydrogens is 324 g/mol. The van der Waals surface area contributed by atoms with E-state index in [1.165, 1.54) is 0 Å². The van der Waals surface area contributed by atoms with Crippen molar-refractivity contribution in [3.63, 3.8) is 0 Å². The summed E-state index contributed by atoms with van der Waals surface area (Å²) >= 11 is 0. The van der Waals surface area contributed by atoms with Crippen molar-refractivity contribution < 1.29 is 4.79 Å². The average Bonchev–Trinajstić information content (AvgIpc) is 2.69. The highest BCUT2D eigenvalue weighted by molar-refractivity contribution is 6.07. The van der Waals surface area contributed by atoms with E-state index in [4.69, 9.17) is 4.98 Å². The predicted octanol–water partition coefficient (Wildman–Crippen LogP) is 3.02. The Hall–Kier alpha value is -2.79. The first-order chi connectivity index (χ1) is 12.7. The predicted molar refractivity (Wildman–Crippen MR) is 103 cm³/mol. The van der Waals surface area contributed by atoms with Gasteiger partial charge in [0.2, 0.25) is 0 Å². The van der Waals surface area contributed by atoms with Crippen LogP contribution in [-0.4, -0.2) is 35.0 Å². The first-order valence-corrected chi connectivity index (χ1v) is 9.04. The molecular formula is C21H22N4O. The Morgan fingerprint density at radius 2 is 2.00 bits per heavy atom. The molecule has 1 amide bonds. The number of carbonyl (C=O) groups is 1. The molecule has 26 heavy (non-hydrogen) atoms. The molecule has 0 bridgehead atoms. The number of hydrogen-bond acceptors (Lipinski definition) is 4. The normalized spacial score (nSPS) is 20.0. The Kier molecular flexibility index (Phi) is 4.63. The number of nitrogens with zero attached hydrogens (tertiary/aromatic N) is 2. The topological polar surface area (TPSA) is 66.9 Å². The number of nitrogens with one attached hydrogen (secondary N) is 2. The smallest absolute Gasteiger partial charge is 0.252 e. The molecule has 1 fully saturated rings. The van der Waals surface area contributed by atoms with Crippen molar-refractivity contribution in [1.82, 2.24) is 20.6 Å². The summed E-state index contributed by atoms with van der Waals surface area (Å²) in [6.07, 6.45) is 4.43. The summed E-state index contributed by atoms with van der Waals surface area (Å²) in [6.45, 7) is 4.04. The third-order valence-corrected chi connectivity index (χ3v) is 5.04. The Morgan fingerprint density at radius 1 is 1.19 bits per heavy atom. The maximum absolute atomic E-state index is 13.1. The van der Waals surface area contributed by atoms with Crippen LogP contribution in [0.1, 0.15) is 23.7 Å². The minimum absolute atomic E-state index is 0.0299. The summed E-state index contributed by atoms with van der Waals surface area (Å²) in [4.78, 5) is 21.9. The van der Waals surface area contributed by atoms with Crippen LogP contribution in [0.25, 0.3) is 22.2 Å². The van der Waals surface area contributed by atoms with Crippen LogP contribution in [0.2, 0.25) is 0 Å². The molecule has 2 unspecified atom stereocenters. The van der Waals surface area contributed by atoms with Crippen molar-refractivity contribution in [3.8, 4) is 11.3 Å². The number of piperidine rings is 1. The number of amides is 1. The number of aromatic nitrogens is 2. The quantitative estimate of drug-likeness (QED) is 0.765. The number of hydrogen-bond donors (Lipinski definition) is 2. The lowest BCUT2D eigenvalue weighted by atomic mass is 9.94. The number of pyridine rings is 2. The van der Waals surface area contributed by atoms with Crippen molar-refractivity contribution in [1.29, 1.82) is 0 Å². The molecule has 0 spiro atoms. The van der Waals surface area contributed by atoms with Crippen molar-refractivity contribution >= 4 is 16.8 Å². The molecule has 1 saturated heterocycles. The third-order valence-electron chi connectivity index (χ3n) is 5.04. The molecule has 132 valence electrons. The highest BCUT2D eigenvalue weighted by Crippen LogP contribution is 2.25. The van der Waals surface area contributed by atoms with Crippen LogP contribution in [0.5, 0.6) is 0 Å². The SMILES string of the molecule is CC1CNCCC1NC(=O)c1cc(-c2ccncc2)nc2ccccc12. The molecule has 0 aliphatic carbocycles. The minimum Gasteiger partial charge on any atom is -0.349 e. The van der Waals surface area contributed by atoms with E-state index in [-0.39, 0.29) is 11.9 Å². The molecule has 5 nitrogen and oxygen atoms in total. The van der Waals surface area contributed by atoms with E-state index in [0.717, 1.165) is 41.7 Å². The van der Waals surface area contributed by atoms with Crippen LogP contribution in [0, 0.1) is 5.92 Å². The maximum atomic E-state index is 13.1. The average molecular weight is 346 g/mol. The van der Waals surface area contributed by atoms with Gasteiger partial charge in [-0.25, -0.2) is 4.98 Å². The second kappa shape index (κ2) is 7.22. The Morgan fingerprint density at radius 3 is 2.81 bits per heavy atom. The molecule has 3 aromatic rings. The zero-order chi connectivity index (χ0) is 17.9. The zero-order valence-corrected chi connectivity index (χ0v) is 14.8. The van der Waals surface area contributed by atoms with Gasteiger partial charge in [-0.3, -0.25) is 9.78 Å². The van der Waals surface area contributed by atoms with Crippen LogP contribution in [-0.2, 0) is 0 Å².